The minimum atomic E-state index is -0.531. The molecule has 2 aromatic carbocycles. The molecule has 0 heterocycles. The average molecular weight is 280 g/mol. The van der Waals surface area contributed by atoms with Crippen molar-refractivity contribution in [1.82, 2.24) is 0 Å². The van der Waals surface area contributed by atoms with Crippen molar-refractivity contribution in [3.05, 3.63) is 51.5 Å². The van der Waals surface area contributed by atoms with Crippen LogP contribution in [0, 0.1) is 10.1 Å². The van der Waals surface area contributed by atoms with Gasteiger partial charge in [-0.1, -0.05) is 11.6 Å². The van der Waals surface area contributed by atoms with E-state index in [0.29, 0.717) is 16.4 Å². The van der Waals surface area contributed by atoms with Crippen LogP contribution < -0.4 is 11.1 Å². The third-order valence-electron chi connectivity index (χ3n) is 2.47. The number of nitro groups is 1. The van der Waals surface area contributed by atoms with Crippen LogP contribution in [0.1, 0.15) is 0 Å². The molecule has 0 unspecified atom stereocenters. The van der Waals surface area contributed by atoms with E-state index >= 15 is 0 Å². The standard InChI is InChI=1S/C12H10ClN3O3/c13-7-1-4-12(17)11(5-7)15-10-3-2-8(16(18)19)6-9(10)14/h1-6,15,17H,14H2. The quantitative estimate of drug-likeness (QED) is 0.346. The fourth-order valence-electron chi connectivity index (χ4n) is 1.53. The number of rotatable bonds is 3. The second-order valence-electron chi connectivity index (χ2n) is 3.82. The first-order valence-corrected chi connectivity index (χ1v) is 5.64. The number of aromatic hydroxyl groups is 1. The van der Waals surface area contributed by atoms with E-state index in [4.69, 9.17) is 17.3 Å². The third kappa shape index (κ3) is 2.86. The van der Waals surface area contributed by atoms with Gasteiger partial charge in [-0.25, -0.2) is 0 Å². The summed E-state index contributed by atoms with van der Waals surface area (Å²) in [7, 11) is 0. The SMILES string of the molecule is Nc1cc([N+](=O)[O-])ccc1Nc1cc(Cl)ccc1O. The number of phenolic OH excluding ortho intramolecular Hbond substituents is 1. The Morgan fingerprint density at radius 2 is 1.95 bits per heavy atom. The molecule has 0 aliphatic rings. The molecule has 98 valence electrons. The molecule has 7 heteroatoms. The molecule has 0 saturated heterocycles. The lowest BCUT2D eigenvalue weighted by Crippen LogP contribution is -1.98. The molecule has 2 rings (SSSR count). The maximum absolute atomic E-state index is 10.6. The summed E-state index contributed by atoms with van der Waals surface area (Å²) in [5, 5.41) is 23.6. The Morgan fingerprint density at radius 1 is 1.21 bits per heavy atom. The van der Waals surface area contributed by atoms with Gasteiger partial charge in [0.25, 0.3) is 5.69 Å². The van der Waals surface area contributed by atoms with E-state index < -0.39 is 4.92 Å². The van der Waals surface area contributed by atoms with Gasteiger partial charge in [0.05, 0.1) is 22.0 Å². The molecule has 0 spiro atoms. The molecule has 0 saturated carbocycles. The van der Waals surface area contributed by atoms with Gasteiger partial charge >= 0.3 is 0 Å². The number of nitrogens with one attached hydrogen (secondary N) is 1. The highest BCUT2D eigenvalue weighted by Gasteiger charge is 2.10. The van der Waals surface area contributed by atoms with E-state index in [1.165, 1.54) is 30.3 Å². The van der Waals surface area contributed by atoms with Crippen LogP contribution >= 0.6 is 11.6 Å². The molecule has 0 fully saturated rings. The molecule has 0 aromatic heterocycles. The summed E-state index contributed by atoms with van der Waals surface area (Å²) in [6.07, 6.45) is 0. The van der Waals surface area contributed by atoms with Crippen LogP contribution in [-0.2, 0) is 0 Å². The predicted molar refractivity (Wildman–Crippen MR) is 73.9 cm³/mol. The fraction of sp³-hybridized carbons (Fsp3) is 0. The van der Waals surface area contributed by atoms with Crippen molar-refractivity contribution in [1.29, 1.82) is 0 Å². The van der Waals surface area contributed by atoms with Crippen molar-refractivity contribution in [2.75, 3.05) is 11.1 Å². The molecule has 6 nitrogen and oxygen atoms in total. The van der Waals surface area contributed by atoms with E-state index in [1.807, 2.05) is 0 Å². The highest BCUT2D eigenvalue weighted by molar-refractivity contribution is 6.31. The Kier molecular flexibility index (Phi) is 3.43. The third-order valence-corrected chi connectivity index (χ3v) is 2.71. The van der Waals surface area contributed by atoms with E-state index in [2.05, 4.69) is 5.32 Å². The van der Waals surface area contributed by atoms with E-state index in [1.54, 1.807) is 6.07 Å². The average Bonchev–Trinajstić information content (AvgIpc) is 2.36. The zero-order chi connectivity index (χ0) is 14.0. The number of phenols is 1. The van der Waals surface area contributed by atoms with Gasteiger partial charge in [-0.3, -0.25) is 10.1 Å². The van der Waals surface area contributed by atoms with Crippen LogP contribution in [0.5, 0.6) is 5.75 Å². The maximum atomic E-state index is 10.6. The van der Waals surface area contributed by atoms with Crippen LogP contribution in [-0.4, -0.2) is 10.0 Å². The Balaban J connectivity index is 2.33. The largest absolute Gasteiger partial charge is 0.506 e. The van der Waals surface area contributed by atoms with Crippen molar-refractivity contribution in [3.8, 4) is 5.75 Å². The minimum absolute atomic E-state index is 0.00199. The minimum Gasteiger partial charge on any atom is -0.506 e. The van der Waals surface area contributed by atoms with Gasteiger partial charge in [0.1, 0.15) is 5.75 Å². The van der Waals surface area contributed by atoms with E-state index in [0.717, 1.165) is 0 Å². The second kappa shape index (κ2) is 5.03. The lowest BCUT2D eigenvalue weighted by molar-refractivity contribution is -0.384. The number of nitrogens with two attached hydrogens (primary N) is 1. The first kappa shape index (κ1) is 13.0. The van der Waals surface area contributed by atoms with Crippen molar-refractivity contribution >= 4 is 34.4 Å². The monoisotopic (exact) mass is 279 g/mol. The molecule has 19 heavy (non-hydrogen) atoms. The highest BCUT2D eigenvalue weighted by atomic mass is 35.5. The van der Waals surface area contributed by atoms with Crippen LogP contribution in [0.4, 0.5) is 22.7 Å². The smallest absolute Gasteiger partial charge is 0.271 e. The summed E-state index contributed by atoms with van der Waals surface area (Å²) >= 11 is 5.82. The van der Waals surface area contributed by atoms with Gasteiger partial charge in [-0.2, -0.15) is 0 Å². The summed E-state index contributed by atoms with van der Waals surface area (Å²) in [5.41, 5.74) is 6.63. The number of halogens is 1. The lowest BCUT2D eigenvalue weighted by atomic mass is 10.2. The van der Waals surface area contributed by atoms with E-state index in [9.17, 15) is 15.2 Å². The second-order valence-corrected chi connectivity index (χ2v) is 4.25. The van der Waals surface area contributed by atoms with Crippen LogP contribution in [0.2, 0.25) is 5.02 Å². The summed E-state index contributed by atoms with van der Waals surface area (Å²) in [6, 6.07) is 8.53. The lowest BCUT2D eigenvalue weighted by Gasteiger charge is -2.10. The molecule has 0 radical (unpaired) electrons. The zero-order valence-corrected chi connectivity index (χ0v) is 10.4. The van der Waals surface area contributed by atoms with Crippen LogP contribution in [0.15, 0.2) is 36.4 Å². The molecule has 4 N–H and O–H groups in total. The molecule has 0 amide bonds. The number of anilines is 3. The first-order valence-electron chi connectivity index (χ1n) is 5.27. The maximum Gasteiger partial charge on any atom is 0.271 e. The Bertz CT molecular complexity index is 646. The Morgan fingerprint density at radius 3 is 2.58 bits per heavy atom. The van der Waals surface area contributed by atoms with Crippen LogP contribution in [0.25, 0.3) is 0 Å². The van der Waals surface area contributed by atoms with Gasteiger partial charge < -0.3 is 16.2 Å². The Labute approximate surface area is 113 Å². The van der Waals surface area contributed by atoms with Crippen molar-refractivity contribution in [2.45, 2.75) is 0 Å². The number of hydrogen-bond donors (Lipinski definition) is 3. The summed E-state index contributed by atoms with van der Waals surface area (Å²) in [4.78, 5) is 10.1. The molecular weight excluding hydrogens is 270 g/mol. The molecule has 0 bridgehead atoms. The number of non-ortho nitro benzene ring substituents is 1. The van der Waals surface area contributed by atoms with Crippen molar-refractivity contribution < 1.29 is 10.0 Å². The molecule has 0 aliphatic heterocycles. The molecule has 2 aromatic rings. The topological polar surface area (TPSA) is 101 Å². The first-order chi connectivity index (χ1) is 8.97. The molecule has 0 aliphatic carbocycles. The van der Waals surface area contributed by atoms with Gasteiger partial charge in [0, 0.05) is 17.2 Å². The normalized spacial score (nSPS) is 10.2. The number of nitrogen functional groups attached to an aromatic ring is 1. The number of hydrogen-bond acceptors (Lipinski definition) is 5. The van der Waals surface area contributed by atoms with Gasteiger partial charge in [-0.05, 0) is 24.3 Å². The van der Waals surface area contributed by atoms with Crippen molar-refractivity contribution in [3.63, 3.8) is 0 Å². The number of benzene rings is 2. The van der Waals surface area contributed by atoms with Gasteiger partial charge in [0.2, 0.25) is 0 Å². The predicted octanol–water partition coefficient (Wildman–Crippen LogP) is 3.28. The number of nitro benzene ring substituents is 1. The van der Waals surface area contributed by atoms with Crippen LogP contribution in [0.3, 0.4) is 0 Å². The van der Waals surface area contributed by atoms with Gasteiger partial charge in [0.15, 0.2) is 0 Å². The van der Waals surface area contributed by atoms with E-state index in [-0.39, 0.29) is 17.1 Å². The fourth-order valence-corrected chi connectivity index (χ4v) is 1.70. The molecule has 0 atom stereocenters. The molecular formula is C12H10ClN3O3. The summed E-state index contributed by atoms with van der Waals surface area (Å²) in [6.45, 7) is 0. The van der Waals surface area contributed by atoms with Crippen molar-refractivity contribution in [2.24, 2.45) is 0 Å². The highest BCUT2D eigenvalue weighted by Crippen LogP contribution is 2.32. The summed E-state index contributed by atoms with van der Waals surface area (Å²) in [5.74, 6) is 0.00199. The van der Waals surface area contributed by atoms with Gasteiger partial charge in [-0.15, -0.1) is 0 Å². The zero-order valence-electron chi connectivity index (χ0n) is 9.63. The summed E-state index contributed by atoms with van der Waals surface area (Å²) < 4.78 is 0. The Hall–Kier alpha value is -2.47. The number of nitrogens with zero attached hydrogens (tertiary/aromatic N) is 1.